The summed E-state index contributed by atoms with van der Waals surface area (Å²) in [6.45, 7) is 3.35. The Morgan fingerprint density at radius 1 is 0.750 bits per heavy atom. The number of cyclic esters (lactones) is 2. The van der Waals surface area contributed by atoms with Crippen molar-refractivity contribution in [3.8, 4) is 23.0 Å². The van der Waals surface area contributed by atoms with Crippen LogP contribution in [0.4, 0.5) is 0 Å². The second kappa shape index (κ2) is 7.75. The lowest BCUT2D eigenvalue weighted by molar-refractivity contribution is 0.0286. The zero-order valence-electron chi connectivity index (χ0n) is 21.3. The van der Waals surface area contributed by atoms with Gasteiger partial charge in [0.2, 0.25) is 11.6 Å². The molecule has 11 heteroatoms. The predicted molar refractivity (Wildman–Crippen MR) is 136 cm³/mol. The van der Waals surface area contributed by atoms with Crippen LogP contribution in [0.5, 0.6) is 23.0 Å². The number of phenols is 3. The Bertz CT molecular complexity index is 1930. The molecule has 3 N–H and O–H groups in total. The van der Waals surface area contributed by atoms with E-state index in [4.69, 9.17) is 18.6 Å². The van der Waals surface area contributed by atoms with Crippen LogP contribution in [-0.2, 0) is 22.3 Å². The van der Waals surface area contributed by atoms with E-state index >= 15 is 0 Å². The van der Waals surface area contributed by atoms with Gasteiger partial charge in [-0.1, -0.05) is 0 Å². The number of esters is 2. The van der Waals surface area contributed by atoms with E-state index in [9.17, 15) is 34.5 Å². The number of rotatable bonds is 1. The summed E-state index contributed by atoms with van der Waals surface area (Å²) in [4.78, 5) is 52.9. The average Bonchev–Trinajstić information content (AvgIpc) is 3.27. The molecule has 0 unspecified atom stereocenters. The minimum atomic E-state index is -0.863. The zero-order valence-corrected chi connectivity index (χ0v) is 21.3. The third-order valence-corrected chi connectivity index (χ3v) is 7.75. The number of ketones is 2. The Labute approximate surface area is 224 Å². The van der Waals surface area contributed by atoms with E-state index in [1.807, 2.05) is 0 Å². The minimum absolute atomic E-state index is 0.0704. The van der Waals surface area contributed by atoms with Gasteiger partial charge in [0.1, 0.15) is 34.8 Å². The molecule has 202 valence electrons. The van der Waals surface area contributed by atoms with Crippen LogP contribution in [0.25, 0.3) is 21.7 Å². The number of methoxy groups -OCH3 is 1. The van der Waals surface area contributed by atoms with E-state index in [0.717, 1.165) is 0 Å². The number of benzene rings is 3. The van der Waals surface area contributed by atoms with Gasteiger partial charge in [-0.15, -0.1) is 0 Å². The van der Waals surface area contributed by atoms with Gasteiger partial charge in [0.15, 0.2) is 22.8 Å². The first-order chi connectivity index (χ1) is 19.0. The fourth-order valence-corrected chi connectivity index (χ4v) is 6.12. The summed E-state index contributed by atoms with van der Waals surface area (Å²) in [5.74, 6) is -5.55. The molecule has 0 bridgehead atoms. The molecule has 1 aromatic heterocycles. The highest BCUT2D eigenvalue weighted by molar-refractivity contribution is 6.35. The SMILES string of the molecule is COc1c(O)c2cc3c(c(O)c2c2oc4c(c12)C(=O)c1c(cc2c(c1O)C(=O)O[C@H](C)C2)C4=O)C(=O)O[C@H](C)C3. The van der Waals surface area contributed by atoms with E-state index in [1.165, 1.54) is 19.2 Å². The number of hydrogen-bond donors (Lipinski definition) is 3. The summed E-state index contributed by atoms with van der Waals surface area (Å²) < 4.78 is 21.9. The summed E-state index contributed by atoms with van der Waals surface area (Å²) in [6.07, 6.45) is -0.476. The number of fused-ring (bicyclic) bond motifs is 8. The first kappa shape index (κ1) is 24.0. The first-order valence-corrected chi connectivity index (χ1v) is 12.5. The molecular weight excluding hydrogens is 524 g/mol. The third-order valence-electron chi connectivity index (χ3n) is 7.75. The van der Waals surface area contributed by atoms with Crippen molar-refractivity contribution in [3.05, 3.63) is 56.8 Å². The van der Waals surface area contributed by atoms with Gasteiger partial charge in [-0.3, -0.25) is 9.59 Å². The first-order valence-electron chi connectivity index (χ1n) is 12.5. The Balaban J connectivity index is 1.58. The zero-order chi connectivity index (χ0) is 28.4. The molecule has 0 saturated carbocycles. The number of carbonyl (C=O) groups is 4. The van der Waals surface area contributed by atoms with Crippen molar-refractivity contribution < 1.29 is 53.1 Å². The molecule has 1 aliphatic carbocycles. The molecule has 2 atom stereocenters. The van der Waals surface area contributed by atoms with Crippen LogP contribution < -0.4 is 4.74 Å². The van der Waals surface area contributed by atoms with Crippen LogP contribution in [0, 0.1) is 0 Å². The van der Waals surface area contributed by atoms with E-state index in [1.54, 1.807) is 13.8 Å². The Morgan fingerprint density at radius 2 is 1.35 bits per heavy atom. The number of carbonyl (C=O) groups excluding carboxylic acids is 4. The predicted octanol–water partition coefficient (Wildman–Crippen LogP) is 3.69. The van der Waals surface area contributed by atoms with Gasteiger partial charge in [-0.05, 0) is 37.1 Å². The summed E-state index contributed by atoms with van der Waals surface area (Å²) in [6, 6.07) is 2.88. The molecule has 3 aromatic carbocycles. The van der Waals surface area contributed by atoms with Crippen molar-refractivity contribution in [1.82, 2.24) is 0 Å². The summed E-state index contributed by atoms with van der Waals surface area (Å²) >= 11 is 0. The van der Waals surface area contributed by atoms with Gasteiger partial charge in [0.05, 0.1) is 29.0 Å². The number of aromatic hydroxyl groups is 3. The topological polar surface area (TPSA) is 170 Å². The highest BCUT2D eigenvalue weighted by Crippen LogP contribution is 2.52. The lowest BCUT2D eigenvalue weighted by atomic mass is 9.82. The van der Waals surface area contributed by atoms with Gasteiger partial charge >= 0.3 is 11.9 Å². The van der Waals surface area contributed by atoms with Crippen LogP contribution in [0.15, 0.2) is 16.5 Å². The maximum absolute atomic E-state index is 13.9. The fraction of sp³-hybridized carbons (Fsp3) is 0.241. The van der Waals surface area contributed by atoms with Crippen molar-refractivity contribution in [2.45, 2.75) is 38.9 Å². The summed E-state index contributed by atoms with van der Waals surface area (Å²) in [5.41, 5.74) is -0.649. The molecule has 3 aliphatic rings. The molecule has 0 saturated heterocycles. The Kier molecular flexibility index (Phi) is 4.65. The highest BCUT2D eigenvalue weighted by Gasteiger charge is 2.43. The van der Waals surface area contributed by atoms with Gasteiger partial charge in [-0.25, -0.2) is 9.59 Å². The molecule has 0 fully saturated rings. The smallest absolute Gasteiger partial charge is 0.342 e. The minimum Gasteiger partial charge on any atom is -0.506 e. The van der Waals surface area contributed by atoms with Crippen LogP contribution in [0.3, 0.4) is 0 Å². The lowest BCUT2D eigenvalue weighted by Gasteiger charge is -2.25. The molecule has 7 rings (SSSR count). The monoisotopic (exact) mass is 544 g/mol. The van der Waals surface area contributed by atoms with E-state index < -0.39 is 64.3 Å². The van der Waals surface area contributed by atoms with E-state index in [2.05, 4.69) is 0 Å². The van der Waals surface area contributed by atoms with Gasteiger partial charge in [-0.2, -0.15) is 0 Å². The molecule has 2 aliphatic heterocycles. The maximum atomic E-state index is 13.9. The maximum Gasteiger partial charge on any atom is 0.342 e. The van der Waals surface area contributed by atoms with Gasteiger partial charge < -0.3 is 33.9 Å². The second-order valence-electron chi connectivity index (χ2n) is 10.3. The molecule has 0 radical (unpaired) electrons. The second-order valence-corrected chi connectivity index (χ2v) is 10.3. The Morgan fingerprint density at radius 3 is 1.98 bits per heavy atom. The molecule has 0 spiro atoms. The Hall–Kier alpha value is -5.06. The largest absolute Gasteiger partial charge is 0.506 e. The third kappa shape index (κ3) is 2.83. The van der Waals surface area contributed by atoms with Crippen molar-refractivity contribution in [2.75, 3.05) is 7.11 Å². The highest BCUT2D eigenvalue weighted by atomic mass is 16.5. The molecule has 0 amide bonds. The summed E-state index contributed by atoms with van der Waals surface area (Å²) in [7, 11) is 1.24. The van der Waals surface area contributed by atoms with Crippen LogP contribution in [-0.4, -0.2) is 58.1 Å². The van der Waals surface area contributed by atoms with Gasteiger partial charge in [0.25, 0.3) is 0 Å². The van der Waals surface area contributed by atoms with Crippen molar-refractivity contribution in [3.63, 3.8) is 0 Å². The summed E-state index contributed by atoms with van der Waals surface area (Å²) in [5, 5.41) is 33.4. The normalized spacial score (nSPS) is 19.6. The molecule has 11 nitrogen and oxygen atoms in total. The molecule has 3 heterocycles. The standard InChI is InChI=1S/C29H20O11/c1-8-4-10-6-12-16(22(32)14(10)28(35)38-8)24(34)18-19-25(40-27(18)21(12)31)17-13(20(30)26(19)37-3)7-11-5-9(2)39-29(36)15(11)23(17)33/h6-9,30,32-33H,4-5H2,1-3H3/t8-,9-/m1/s1. The van der Waals surface area contributed by atoms with Crippen LogP contribution in [0.1, 0.15) is 77.7 Å². The molecular formula is C29H20O11. The van der Waals surface area contributed by atoms with E-state index in [0.29, 0.717) is 11.1 Å². The van der Waals surface area contributed by atoms with Crippen molar-refractivity contribution in [2.24, 2.45) is 0 Å². The fourth-order valence-electron chi connectivity index (χ4n) is 6.12. The lowest BCUT2D eigenvalue weighted by Crippen LogP contribution is -2.28. The van der Waals surface area contributed by atoms with E-state index in [-0.39, 0.29) is 62.6 Å². The van der Waals surface area contributed by atoms with Crippen molar-refractivity contribution in [1.29, 1.82) is 0 Å². The van der Waals surface area contributed by atoms with Crippen LogP contribution >= 0.6 is 0 Å². The molecule has 40 heavy (non-hydrogen) atoms. The number of phenolic OH excluding ortho intramolecular Hbond substituents is 3. The quantitative estimate of drug-likeness (QED) is 0.263. The number of furan rings is 1. The van der Waals surface area contributed by atoms with Crippen LogP contribution in [0.2, 0.25) is 0 Å². The average molecular weight is 544 g/mol. The van der Waals surface area contributed by atoms with Gasteiger partial charge in [0, 0.05) is 23.8 Å². The number of ether oxygens (including phenoxy) is 3. The van der Waals surface area contributed by atoms with Crippen molar-refractivity contribution >= 4 is 45.2 Å². The molecule has 4 aromatic rings. The number of hydrogen-bond acceptors (Lipinski definition) is 11.